The highest BCUT2D eigenvalue weighted by molar-refractivity contribution is 6.10. The maximum Gasteiger partial charge on any atom is 0.0546 e. The predicted octanol–water partition coefficient (Wildman–Crippen LogP) is 12.5. The fourth-order valence-electron chi connectivity index (χ4n) is 7.04. The van der Waals surface area contributed by atoms with Gasteiger partial charge in [-0.2, -0.15) is 0 Å². The highest BCUT2D eigenvalue weighted by atomic mass is 15.1. The van der Waals surface area contributed by atoms with Crippen LogP contribution in [0.5, 0.6) is 0 Å². The van der Waals surface area contributed by atoms with Gasteiger partial charge in [-0.05, 0) is 84.6 Å². The van der Waals surface area contributed by atoms with Gasteiger partial charge in [0, 0.05) is 38.8 Å². The van der Waals surface area contributed by atoms with Crippen molar-refractivity contribution in [3.05, 3.63) is 164 Å². The number of rotatable bonds is 5. The Hall–Kier alpha value is -5.60. The Bertz CT molecular complexity index is 2320. The molecule has 0 saturated carbocycles. The highest BCUT2D eigenvalue weighted by Gasteiger charge is 2.24. The van der Waals surface area contributed by atoms with Gasteiger partial charge in [0.25, 0.3) is 0 Å². The summed E-state index contributed by atoms with van der Waals surface area (Å²) in [6.07, 6.45) is 0. The lowest BCUT2D eigenvalue weighted by Crippen LogP contribution is -2.21. The van der Waals surface area contributed by atoms with Crippen LogP contribution in [0.1, 0.15) is 20.8 Å². The van der Waals surface area contributed by atoms with Gasteiger partial charge < -0.3 is 9.47 Å². The molecular formula is C44H36N2. The van der Waals surface area contributed by atoms with Gasteiger partial charge >= 0.3 is 0 Å². The van der Waals surface area contributed by atoms with E-state index < -0.39 is 0 Å². The average Bonchev–Trinajstić information content (AvgIpc) is 3.44. The van der Waals surface area contributed by atoms with Gasteiger partial charge in [-0.15, -0.1) is 0 Å². The van der Waals surface area contributed by atoms with E-state index in [9.17, 15) is 0 Å². The van der Waals surface area contributed by atoms with Crippen molar-refractivity contribution in [3.8, 4) is 22.3 Å². The second-order valence-electron chi connectivity index (χ2n) is 13.0. The molecule has 0 amide bonds. The Morgan fingerprint density at radius 2 is 1.00 bits per heavy atom. The number of hydrogen-bond donors (Lipinski definition) is 0. The van der Waals surface area contributed by atoms with E-state index >= 15 is 0 Å². The molecule has 0 N–H and O–H groups in total. The Kier molecular flexibility index (Phi) is 6.73. The lowest BCUT2D eigenvalue weighted by atomic mass is 9.95. The number of para-hydroxylation sites is 1. The zero-order valence-corrected chi connectivity index (χ0v) is 26.5. The van der Waals surface area contributed by atoms with Gasteiger partial charge in [0.05, 0.1) is 11.2 Å². The van der Waals surface area contributed by atoms with Crippen LogP contribution in [0.2, 0.25) is 0 Å². The van der Waals surface area contributed by atoms with Gasteiger partial charge in [-0.25, -0.2) is 0 Å². The Morgan fingerprint density at radius 1 is 0.435 bits per heavy atom. The molecule has 1 heterocycles. The second-order valence-corrected chi connectivity index (χ2v) is 13.0. The molecule has 0 radical (unpaired) electrons. The molecule has 8 aromatic rings. The van der Waals surface area contributed by atoms with Gasteiger partial charge in [0.2, 0.25) is 0 Å². The third-order valence-electron chi connectivity index (χ3n) is 9.03. The second kappa shape index (κ2) is 11.1. The first-order valence-electron chi connectivity index (χ1n) is 16.0. The summed E-state index contributed by atoms with van der Waals surface area (Å²) in [5.74, 6) is 0. The largest absolute Gasteiger partial charge is 0.335 e. The first kappa shape index (κ1) is 27.9. The zero-order valence-electron chi connectivity index (χ0n) is 26.5. The first-order chi connectivity index (χ1) is 22.5. The van der Waals surface area contributed by atoms with Gasteiger partial charge in [-0.1, -0.05) is 127 Å². The highest BCUT2D eigenvalue weighted by Crippen LogP contribution is 2.46. The van der Waals surface area contributed by atoms with Crippen LogP contribution in [0.15, 0.2) is 164 Å². The normalized spacial score (nSPS) is 11.8. The van der Waals surface area contributed by atoms with Crippen molar-refractivity contribution in [1.29, 1.82) is 0 Å². The number of aromatic nitrogens is 1. The molecule has 8 rings (SSSR count). The van der Waals surface area contributed by atoms with E-state index in [0.717, 1.165) is 17.1 Å². The topological polar surface area (TPSA) is 8.17 Å². The van der Waals surface area contributed by atoms with Crippen molar-refractivity contribution in [2.24, 2.45) is 0 Å². The van der Waals surface area contributed by atoms with Gasteiger partial charge in [-0.3, -0.25) is 0 Å². The maximum absolute atomic E-state index is 2.50. The number of nitrogens with zero attached hydrogens (tertiary/aromatic N) is 2. The van der Waals surface area contributed by atoms with Crippen molar-refractivity contribution < 1.29 is 0 Å². The summed E-state index contributed by atoms with van der Waals surface area (Å²) in [6, 6.07) is 59.4. The summed E-state index contributed by atoms with van der Waals surface area (Å²) in [5, 5.41) is 5.03. The molecule has 0 atom stereocenters. The SMILES string of the molecule is CC(C)(C)n1c2ccccc2c2ccc(N(c3ccc(-c4ccccc4)cc3)c3ccc4ccccc4c3-c3ccccc3)cc21. The van der Waals surface area contributed by atoms with Crippen molar-refractivity contribution in [1.82, 2.24) is 4.57 Å². The number of anilines is 3. The average molecular weight is 593 g/mol. The Morgan fingerprint density at radius 3 is 1.72 bits per heavy atom. The summed E-state index contributed by atoms with van der Waals surface area (Å²) >= 11 is 0. The van der Waals surface area contributed by atoms with E-state index in [1.165, 1.54) is 54.8 Å². The predicted molar refractivity (Wildman–Crippen MR) is 198 cm³/mol. The lowest BCUT2D eigenvalue weighted by Gasteiger charge is -2.30. The van der Waals surface area contributed by atoms with Gasteiger partial charge in [0.15, 0.2) is 0 Å². The van der Waals surface area contributed by atoms with E-state index in [1.54, 1.807) is 0 Å². The molecule has 222 valence electrons. The van der Waals surface area contributed by atoms with E-state index in [4.69, 9.17) is 0 Å². The van der Waals surface area contributed by atoms with Crippen LogP contribution in [-0.2, 0) is 5.54 Å². The van der Waals surface area contributed by atoms with E-state index in [0.29, 0.717) is 0 Å². The molecule has 0 aliphatic carbocycles. The van der Waals surface area contributed by atoms with Crippen LogP contribution in [0.4, 0.5) is 17.1 Å². The smallest absolute Gasteiger partial charge is 0.0546 e. The molecule has 0 saturated heterocycles. The Labute approximate surface area is 270 Å². The third kappa shape index (κ3) is 4.74. The van der Waals surface area contributed by atoms with Crippen LogP contribution < -0.4 is 4.90 Å². The minimum Gasteiger partial charge on any atom is -0.335 e. The molecule has 46 heavy (non-hydrogen) atoms. The molecule has 2 heteroatoms. The summed E-state index contributed by atoms with van der Waals surface area (Å²) in [6.45, 7) is 6.88. The standard InChI is InChI=1S/C44H36N2/c1-44(2,3)46-40-21-13-12-20-38(40)39-28-27-36(30-42(39)46)45(35-25-22-32(23-26-35)31-14-6-4-7-15-31)41-29-24-33-16-10-11-19-37(33)43(41)34-17-8-5-9-18-34/h4-30H,1-3H3. The molecule has 0 fully saturated rings. The van der Waals surface area contributed by atoms with Crippen molar-refractivity contribution in [3.63, 3.8) is 0 Å². The molecule has 0 aliphatic heterocycles. The maximum atomic E-state index is 2.50. The van der Waals surface area contributed by atoms with Crippen LogP contribution in [-0.4, -0.2) is 4.57 Å². The zero-order chi connectivity index (χ0) is 31.3. The molecule has 0 unspecified atom stereocenters. The third-order valence-corrected chi connectivity index (χ3v) is 9.03. The molecular weight excluding hydrogens is 556 g/mol. The summed E-state index contributed by atoms with van der Waals surface area (Å²) in [5.41, 5.74) is 10.6. The molecule has 0 aliphatic rings. The molecule has 0 bridgehead atoms. The number of benzene rings is 7. The van der Waals surface area contributed by atoms with Crippen LogP contribution >= 0.6 is 0 Å². The van der Waals surface area contributed by atoms with Crippen LogP contribution in [0.25, 0.3) is 54.8 Å². The van der Waals surface area contributed by atoms with Gasteiger partial charge in [0.1, 0.15) is 0 Å². The molecule has 7 aromatic carbocycles. The summed E-state index contributed by atoms with van der Waals surface area (Å²) < 4.78 is 2.50. The molecule has 2 nitrogen and oxygen atoms in total. The first-order valence-corrected chi connectivity index (χ1v) is 16.0. The van der Waals surface area contributed by atoms with E-state index in [-0.39, 0.29) is 5.54 Å². The summed E-state index contributed by atoms with van der Waals surface area (Å²) in [4.78, 5) is 2.44. The van der Waals surface area contributed by atoms with Crippen molar-refractivity contribution in [2.45, 2.75) is 26.3 Å². The van der Waals surface area contributed by atoms with E-state index in [1.807, 2.05) is 0 Å². The minimum absolute atomic E-state index is 0.0969. The van der Waals surface area contributed by atoms with E-state index in [2.05, 4.69) is 194 Å². The molecule has 0 spiro atoms. The quantitative estimate of drug-likeness (QED) is 0.193. The Balaban J connectivity index is 1.42. The monoisotopic (exact) mass is 592 g/mol. The number of fused-ring (bicyclic) bond motifs is 4. The van der Waals surface area contributed by atoms with Crippen molar-refractivity contribution in [2.75, 3.05) is 4.90 Å². The lowest BCUT2D eigenvalue weighted by molar-refractivity contribution is 0.423. The van der Waals surface area contributed by atoms with Crippen LogP contribution in [0.3, 0.4) is 0 Å². The summed E-state index contributed by atoms with van der Waals surface area (Å²) in [7, 11) is 0. The fraction of sp³-hybridized carbons (Fsp3) is 0.0909. The number of hydrogen-bond acceptors (Lipinski definition) is 1. The van der Waals surface area contributed by atoms with Crippen LogP contribution in [0, 0.1) is 0 Å². The fourth-order valence-corrected chi connectivity index (χ4v) is 7.04. The molecule has 1 aromatic heterocycles. The van der Waals surface area contributed by atoms with Crippen molar-refractivity contribution >= 4 is 49.6 Å². The minimum atomic E-state index is -0.0969.